The lowest BCUT2D eigenvalue weighted by Crippen LogP contribution is -2.61. The number of para-hydroxylation sites is 1. The van der Waals surface area contributed by atoms with Gasteiger partial charge in [-0.3, -0.25) is 52.9 Å². The number of carbonyl (C=O) groups is 11. The average Bonchev–Trinajstić information content (AvgIpc) is 3.67. The summed E-state index contributed by atoms with van der Waals surface area (Å²) >= 11 is 0. The quantitative estimate of drug-likeness (QED) is 0.0212. The van der Waals surface area contributed by atoms with Gasteiger partial charge < -0.3 is 74.7 Å². The molecule has 1 aromatic heterocycles. The van der Waals surface area contributed by atoms with Crippen molar-refractivity contribution in [1.82, 2.24) is 42.2 Å². The molecule has 0 aliphatic heterocycles. The van der Waals surface area contributed by atoms with Gasteiger partial charge in [0.1, 0.15) is 42.3 Å². The maximum absolute atomic E-state index is 14.1. The third kappa shape index (κ3) is 20.2. The van der Waals surface area contributed by atoms with Crippen LogP contribution in [0.15, 0.2) is 35.5 Å². The zero-order chi connectivity index (χ0) is 52.8. The molecule has 1 heterocycles. The summed E-state index contributed by atoms with van der Waals surface area (Å²) in [6.07, 6.45) is -1.36. The Hall–Kier alpha value is -7.80. The van der Waals surface area contributed by atoms with Crippen LogP contribution in [0.25, 0.3) is 10.9 Å². The molecule has 0 bridgehead atoms. The number of amides is 8. The number of benzene rings is 1. The molecule has 0 aliphatic carbocycles. The zero-order valence-electron chi connectivity index (χ0n) is 39.7. The van der Waals surface area contributed by atoms with E-state index in [9.17, 15) is 68.1 Å². The van der Waals surface area contributed by atoms with Crippen LogP contribution >= 0.6 is 0 Å². The molecule has 0 radical (unpaired) electrons. The third-order valence-corrected chi connectivity index (χ3v) is 10.8. The number of hydrogen-bond acceptors (Lipinski definition) is 12. The van der Waals surface area contributed by atoms with Crippen molar-refractivity contribution in [2.24, 2.45) is 34.0 Å². The van der Waals surface area contributed by atoms with E-state index < -0.39 is 139 Å². The number of nitrogens with one attached hydrogen (secondary N) is 8. The number of aliphatic imine (C=N–C) groups is 1. The molecule has 0 saturated heterocycles. The molecule has 0 aliphatic rings. The zero-order valence-corrected chi connectivity index (χ0v) is 39.7. The molecule has 26 heteroatoms. The SMILES string of the molecule is CC[C@H](C)[C@H](NC(=O)[C@H](CC(=O)O)NC(=O)[C@H](CCC(N)=O)NC(=O)[C@H](CCCN=C(N)N)NC(=O)[C@H](Cc1c[nH]c2ccccc12)NC(C)=O)C(=O)N[C@@H](CC(=O)O)C(=O)N[C@@H](CC(C)C)C(=O)O. The average molecular weight is 987 g/mol. The molecular formula is C44H66N12O14. The molecule has 0 fully saturated rings. The molecule has 8 amide bonds. The summed E-state index contributed by atoms with van der Waals surface area (Å²) in [5.41, 5.74) is 17.7. The van der Waals surface area contributed by atoms with E-state index in [2.05, 4.69) is 47.2 Å². The highest BCUT2D eigenvalue weighted by Crippen LogP contribution is 2.20. The maximum atomic E-state index is 14.1. The smallest absolute Gasteiger partial charge is 0.326 e. The first-order valence-corrected chi connectivity index (χ1v) is 22.5. The van der Waals surface area contributed by atoms with Crippen molar-refractivity contribution in [3.8, 4) is 0 Å². The van der Waals surface area contributed by atoms with E-state index in [1.165, 1.54) is 13.8 Å². The minimum Gasteiger partial charge on any atom is -0.481 e. The second-order valence-electron chi connectivity index (χ2n) is 17.1. The maximum Gasteiger partial charge on any atom is 0.326 e. The van der Waals surface area contributed by atoms with E-state index >= 15 is 0 Å². The van der Waals surface area contributed by atoms with E-state index in [-0.39, 0.29) is 50.5 Å². The standard InChI is InChI=1S/C44H66N12O14/c1-6-22(4)36(42(68)54-30(18-34(59)60)40(66)55-32(43(69)70)16-21(2)3)56-41(67)31(19-35(61)62)53-38(64)28(13-14-33(45)58)52-37(63)27(12-9-15-48-44(46)47)51-39(65)29(50-23(5)57)17-24-20-49-26-11-8-7-10-25(24)26/h7-8,10-11,20-22,27-32,36,49H,6,9,12-19H2,1-5H3,(H2,45,58)(H,50,57)(H,51,65)(H,52,63)(H,53,64)(H,54,68)(H,55,66)(H,56,67)(H,59,60)(H,61,62)(H,69,70)(H4,46,47,48)/t22-,27-,28-,29-,30-,31-,32-,36-/m0/s1. The molecule has 0 saturated carbocycles. The number of fused-ring (bicyclic) bond motifs is 1. The Morgan fingerprint density at radius 3 is 1.66 bits per heavy atom. The number of carboxylic acids is 3. The summed E-state index contributed by atoms with van der Waals surface area (Å²) < 4.78 is 0. The minimum absolute atomic E-state index is 0.00339. The van der Waals surface area contributed by atoms with Crippen molar-refractivity contribution < 1.29 is 68.1 Å². The number of aromatic nitrogens is 1. The number of carbonyl (C=O) groups excluding carboxylic acids is 8. The first-order chi connectivity index (χ1) is 32.8. The number of guanidine groups is 1. The van der Waals surface area contributed by atoms with Crippen molar-refractivity contribution in [3.63, 3.8) is 0 Å². The first-order valence-electron chi connectivity index (χ1n) is 22.5. The van der Waals surface area contributed by atoms with E-state index in [4.69, 9.17) is 17.2 Å². The summed E-state index contributed by atoms with van der Waals surface area (Å²) in [4.78, 5) is 149. The van der Waals surface area contributed by atoms with Crippen LogP contribution < -0.4 is 54.4 Å². The fourth-order valence-electron chi connectivity index (χ4n) is 7.07. The van der Waals surface area contributed by atoms with Crippen LogP contribution in [0.4, 0.5) is 0 Å². The van der Waals surface area contributed by atoms with Gasteiger partial charge in [-0.25, -0.2) is 4.79 Å². The summed E-state index contributed by atoms with van der Waals surface area (Å²) in [5, 5.41) is 46.3. The second-order valence-corrected chi connectivity index (χ2v) is 17.1. The number of nitrogens with zero attached hydrogens (tertiary/aromatic N) is 1. The van der Waals surface area contributed by atoms with Crippen molar-refractivity contribution in [2.75, 3.05) is 6.54 Å². The summed E-state index contributed by atoms with van der Waals surface area (Å²) in [6, 6.07) is -3.99. The van der Waals surface area contributed by atoms with Crippen LogP contribution in [0.2, 0.25) is 0 Å². The van der Waals surface area contributed by atoms with Gasteiger partial charge in [-0.15, -0.1) is 0 Å². The van der Waals surface area contributed by atoms with Crippen molar-refractivity contribution >= 4 is 82.0 Å². The highest BCUT2D eigenvalue weighted by atomic mass is 16.4. The van der Waals surface area contributed by atoms with Crippen molar-refractivity contribution in [2.45, 2.75) is 135 Å². The van der Waals surface area contributed by atoms with Gasteiger partial charge in [0, 0.05) is 43.4 Å². The van der Waals surface area contributed by atoms with E-state index in [0.717, 1.165) is 10.9 Å². The first kappa shape index (κ1) is 58.3. The number of rotatable bonds is 31. The highest BCUT2D eigenvalue weighted by Gasteiger charge is 2.37. The Balaban J connectivity index is 2.44. The normalized spacial score (nSPS) is 14.4. The van der Waals surface area contributed by atoms with E-state index in [1.54, 1.807) is 39.1 Å². The number of nitrogens with two attached hydrogens (primary N) is 3. The van der Waals surface area contributed by atoms with Gasteiger partial charge in [0.2, 0.25) is 47.3 Å². The third-order valence-electron chi connectivity index (χ3n) is 10.8. The van der Waals surface area contributed by atoms with Gasteiger partial charge in [0.15, 0.2) is 5.96 Å². The summed E-state index contributed by atoms with van der Waals surface area (Å²) in [7, 11) is 0. The van der Waals surface area contributed by atoms with Gasteiger partial charge in [-0.1, -0.05) is 52.3 Å². The van der Waals surface area contributed by atoms with E-state index in [1.807, 2.05) is 12.1 Å². The number of primary amides is 1. The predicted octanol–water partition coefficient (Wildman–Crippen LogP) is -2.43. The van der Waals surface area contributed by atoms with Crippen LogP contribution in [0.3, 0.4) is 0 Å². The lowest BCUT2D eigenvalue weighted by molar-refractivity contribution is -0.144. The van der Waals surface area contributed by atoms with Gasteiger partial charge >= 0.3 is 17.9 Å². The molecule has 70 heavy (non-hydrogen) atoms. The monoisotopic (exact) mass is 986 g/mol. The Kier molecular flexibility index (Phi) is 23.8. The van der Waals surface area contributed by atoms with Crippen molar-refractivity contribution in [3.05, 3.63) is 36.0 Å². The van der Waals surface area contributed by atoms with Crippen LogP contribution in [0.1, 0.15) is 91.5 Å². The number of carboxylic acid groups (broad SMARTS) is 3. The molecule has 0 unspecified atom stereocenters. The molecule has 2 rings (SSSR count). The molecule has 2 aromatic rings. The summed E-state index contributed by atoms with van der Waals surface area (Å²) in [6.45, 7) is 7.68. The lowest BCUT2D eigenvalue weighted by atomic mass is 9.96. The molecule has 1 aromatic carbocycles. The fraction of sp³-hybridized carbons (Fsp3) is 0.545. The van der Waals surface area contributed by atoms with Crippen LogP contribution in [-0.2, 0) is 59.2 Å². The number of hydrogen-bond donors (Lipinski definition) is 14. The predicted molar refractivity (Wildman–Crippen MR) is 251 cm³/mol. The van der Waals surface area contributed by atoms with E-state index in [0.29, 0.717) is 5.56 Å². The molecular weight excluding hydrogens is 921 g/mol. The van der Waals surface area contributed by atoms with Crippen LogP contribution in [0, 0.1) is 11.8 Å². The molecule has 0 spiro atoms. The minimum atomic E-state index is -1.97. The van der Waals surface area contributed by atoms with Crippen LogP contribution in [0.5, 0.6) is 0 Å². The highest BCUT2D eigenvalue weighted by molar-refractivity contribution is 5.99. The Bertz CT molecular complexity index is 2240. The summed E-state index contributed by atoms with van der Waals surface area (Å²) in [5.74, 6) is -13.8. The van der Waals surface area contributed by atoms with Crippen molar-refractivity contribution in [1.29, 1.82) is 0 Å². The van der Waals surface area contributed by atoms with Gasteiger partial charge in [0.25, 0.3) is 0 Å². The Labute approximate surface area is 402 Å². The Morgan fingerprint density at radius 1 is 0.643 bits per heavy atom. The van der Waals surface area contributed by atoms with Gasteiger partial charge in [0.05, 0.1) is 12.8 Å². The molecule has 8 atom stereocenters. The number of H-pyrrole nitrogens is 1. The number of aromatic amines is 1. The lowest BCUT2D eigenvalue weighted by Gasteiger charge is -2.29. The largest absolute Gasteiger partial charge is 0.481 e. The molecule has 26 nitrogen and oxygen atoms in total. The second kappa shape index (κ2) is 28.5. The van der Waals surface area contributed by atoms with Gasteiger partial charge in [-0.2, -0.15) is 0 Å². The number of aliphatic carboxylic acids is 3. The van der Waals surface area contributed by atoms with Gasteiger partial charge in [-0.05, 0) is 49.1 Å². The molecule has 17 N–H and O–H groups in total. The topological polar surface area (TPSA) is 439 Å². The molecule has 386 valence electrons. The Morgan fingerprint density at radius 2 is 1.14 bits per heavy atom. The van der Waals surface area contributed by atoms with Crippen LogP contribution in [-0.4, -0.2) is 140 Å². The fourth-order valence-corrected chi connectivity index (χ4v) is 7.07.